The van der Waals surface area contributed by atoms with Gasteiger partial charge in [-0.2, -0.15) is 0 Å². The summed E-state index contributed by atoms with van der Waals surface area (Å²) in [6.45, 7) is 3.16. The quantitative estimate of drug-likeness (QED) is 0.660. The Kier molecular flexibility index (Phi) is 8.12. The number of anilines is 1. The number of hydrogen-bond donors (Lipinski definition) is 2. The smallest absolute Gasteiger partial charge is 0.252 e. The molecule has 0 spiro atoms. The summed E-state index contributed by atoms with van der Waals surface area (Å²) in [5.74, 6) is -0.154. The van der Waals surface area contributed by atoms with Crippen molar-refractivity contribution in [1.29, 1.82) is 0 Å². The minimum absolute atomic E-state index is 0.154. The average Bonchev–Trinajstić information content (AvgIpc) is 2.47. The van der Waals surface area contributed by atoms with Gasteiger partial charge in [0.15, 0.2) is 0 Å². The van der Waals surface area contributed by atoms with E-state index in [9.17, 15) is 4.79 Å². The van der Waals surface area contributed by atoms with Gasteiger partial charge in [0, 0.05) is 19.3 Å². The SMILES string of the molecule is CCCCCCCCNc1ccc(Cl)c(C(=O)NC)c1. The minimum atomic E-state index is -0.154. The topological polar surface area (TPSA) is 41.1 Å². The van der Waals surface area contributed by atoms with Crippen LogP contribution >= 0.6 is 11.6 Å². The maximum absolute atomic E-state index is 11.6. The van der Waals surface area contributed by atoms with E-state index in [-0.39, 0.29) is 5.91 Å². The summed E-state index contributed by atoms with van der Waals surface area (Å²) >= 11 is 6.01. The molecule has 0 atom stereocenters. The van der Waals surface area contributed by atoms with E-state index in [4.69, 9.17) is 11.6 Å². The van der Waals surface area contributed by atoms with Gasteiger partial charge in [-0.05, 0) is 24.6 Å². The Bertz CT molecular complexity index is 421. The molecule has 0 aliphatic carbocycles. The highest BCUT2D eigenvalue weighted by Gasteiger charge is 2.09. The number of halogens is 1. The Balaban J connectivity index is 2.35. The molecule has 1 aromatic carbocycles. The highest BCUT2D eigenvalue weighted by Crippen LogP contribution is 2.20. The summed E-state index contributed by atoms with van der Waals surface area (Å²) in [6.07, 6.45) is 7.66. The third-order valence-corrected chi connectivity index (χ3v) is 3.63. The van der Waals surface area contributed by atoms with E-state index in [0.29, 0.717) is 10.6 Å². The molecule has 0 saturated heterocycles. The van der Waals surface area contributed by atoms with E-state index in [1.54, 1.807) is 19.2 Å². The lowest BCUT2D eigenvalue weighted by molar-refractivity contribution is 0.0963. The second-order valence-electron chi connectivity index (χ2n) is 4.97. The highest BCUT2D eigenvalue weighted by molar-refractivity contribution is 6.34. The predicted molar refractivity (Wildman–Crippen MR) is 86.7 cm³/mol. The summed E-state index contributed by atoms with van der Waals surface area (Å²) in [4.78, 5) is 11.6. The number of benzene rings is 1. The Labute approximate surface area is 127 Å². The fourth-order valence-corrected chi connectivity index (χ4v) is 2.29. The van der Waals surface area contributed by atoms with Crippen molar-refractivity contribution in [2.24, 2.45) is 0 Å². The molecule has 0 saturated carbocycles. The first kappa shape index (κ1) is 16.8. The van der Waals surface area contributed by atoms with E-state index in [1.165, 1.54) is 32.1 Å². The van der Waals surface area contributed by atoms with Crippen LogP contribution in [0.4, 0.5) is 5.69 Å². The van der Waals surface area contributed by atoms with E-state index < -0.39 is 0 Å². The summed E-state index contributed by atoms with van der Waals surface area (Å²) in [5, 5.41) is 6.42. The van der Waals surface area contributed by atoms with Gasteiger partial charge in [0.2, 0.25) is 0 Å². The van der Waals surface area contributed by atoms with Gasteiger partial charge in [0.25, 0.3) is 5.91 Å². The predicted octanol–water partition coefficient (Wildman–Crippen LogP) is 4.47. The number of rotatable bonds is 9. The van der Waals surface area contributed by atoms with E-state index >= 15 is 0 Å². The fourth-order valence-electron chi connectivity index (χ4n) is 2.08. The van der Waals surface area contributed by atoms with Crippen molar-refractivity contribution < 1.29 is 4.79 Å². The Morgan fingerprint density at radius 1 is 1.15 bits per heavy atom. The van der Waals surface area contributed by atoms with Crippen molar-refractivity contribution >= 4 is 23.2 Å². The zero-order chi connectivity index (χ0) is 14.8. The molecule has 0 aliphatic heterocycles. The van der Waals surface area contributed by atoms with Crippen LogP contribution < -0.4 is 10.6 Å². The summed E-state index contributed by atoms with van der Waals surface area (Å²) in [6, 6.07) is 5.47. The minimum Gasteiger partial charge on any atom is -0.385 e. The third kappa shape index (κ3) is 5.83. The fraction of sp³-hybridized carbons (Fsp3) is 0.562. The van der Waals surface area contributed by atoms with Crippen LogP contribution in [0.25, 0.3) is 0 Å². The molecule has 0 fully saturated rings. The molecule has 0 aliphatic rings. The lowest BCUT2D eigenvalue weighted by atomic mass is 10.1. The maximum atomic E-state index is 11.6. The molecular formula is C16H25ClN2O. The second kappa shape index (κ2) is 9.65. The largest absolute Gasteiger partial charge is 0.385 e. The van der Waals surface area contributed by atoms with Gasteiger partial charge in [0.1, 0.15) is 0 Å². The Hall–Kier alpha value is -1.22. The second-order valence-corrected chi connectivity index (χ2v) is 5.38. The summed E-state index contributed by atoms with van der Waals surface area (Å²) in [5.41, 5.74) is 1.46. The molecule has 3 nitrogen and oxygen atoms in total. The van der Waals surface area contributed by atoms with Crippen LogP contribution in [0.3, 0.4) is 0 Å². The Morgan fingerprint density at radius 3 is 2.55 bits per heavy atom. The van der Waals surface area contributed by atoms with Crippen LogP contribution in [-0.2, 0) is 0 Å². The first-order chi connectivity index (χ1) is 9.69. The van der Waals surface area contributed by atoms with Crippen LogP contribution in [0.2, 0.25) is 5.02 Å². The van der Waals surface area contributed by atoms with Gasteiger partial charge >= 0.3 is 0 Å². The molecule has 0 unspecified atom stereocenters. The summed E-state index contributed by atoms with van der Waals surface area (Å²) < 4.78 is 0. The first-order valence-electron chi connectivity index (χ1n) is 7.44. The van der Waals surface area contributed by atoms with Crippen LogP contribution in [0.1, 0.15) is 55.8 Å². The molecule has 112 valence electrons. The molecule has 20 heavy (non-hydrogen) atoms. The number of amides is 1. The van der Waals surface area contributed by atoms with Gasteiger partial charge < -0.3 is 10.6 Å². The van der Waals surface area contributed by atoms with Crippen molar-refractivity contribution in [2.45, 2.75) is 45.4 Å². The van der Waals surface area contributed by atoms with Crippen molar-refractivity contribution in [3.05, 3.63) is 28.8 Å². The zero-order valence-corrected chi connectivity index (χ0v) is 13.2. The van der Waals surface area contributed by atoms with Crippen LogP contribution in [0.15, 0.2) is 18.2 Å². The molecule has 0 heterocycles. The number of hydrogen-bond acceptors (Lipinski definition) is 2. The van der Waals surface area contributed by atoms with Crippen LogP contribution in [0, 0.1) is 0 Å². The molecule has 1 amide bonds. The molecule has 2 N–H and O–H groups in total. The number of nitrogens with one attached hydrogen (secondary N) is 2. The summed E-state index contributed by atoms with van der Waals surface area (Å²) in [7, 11) is 1.61. The van der Waals surface area contributed by atoms with Crippen LogP contribution in [-0.4, -0.2) is 19.5 Å². The zero-order valence-electron chi connectivity index (χ0n) is 12.5. The lowest BCUT2D eigenvalue weighted by Gasteiger charge is -2.09. The molecule has 0 bridgehead atoms. The van der Waals surface area contributed by atoms with Crippen molar-refractivity contribution in [3.63, 3.8) is 0 Å². The number of unbranched alkanes of at least 4 members (excludes halogenated alkanes) is 5. The average molecular weight is 297 g/mol. The van der Waals surface area contributed by atoms with Gasteiger partial charge in [-0.3, -0.25) is 4.79 Å². The first-order valence-corrected chi connectivity index (χ1v) is 7.82. The standard InChI is InChI=1S/C16H25ClN2O/c1-3-4-5-6-7-8-11-19-13-9-10-15(17)14(12-13)16(20)18-2/h9-10,12,19H,3-8,11H2,1-2H3,(H,18,20). The van der Waals surface area contributed by atoms with Crippen LogP contribution in [0.5, 0.6) is 0 Å². The lowest BCUT2D eigenvalue weighted by Crippen LogP contribution is -2.18. The monoisotopic (exact) mass is 296 g/mol. The van der Waals surface area contributed by atoms with Crippen molar-refractivity contribution in [3.8, 4) is 0 Å². The van der Waals surface area contributed by atoms with Crippen molar-refractivity contribution in [1.82, 2.24) is 5.32 Å². The molecular weight excluding hydrogens is 272 g/mol. The molecule has 4 heteroatoms. The molecule has 0 radical (unpaired) electrons. The number of carbonyl (C=O) groups excluding carboxylic acids is 1. The van der Waals surface area contributed by atoms with E-state index in [0.717, 1.165) is 18.7 Å². The number of carbonyl (C=O) groups is 1. The highest BCUT2D eigenvalue weighted by atomic mass is 35.5. The molecule has 0 aromatic heterocycles. The van der Waals surface area contributed by atoms with Gasteiger partial charge in [-0.15, -0.1) is 0 Å². The van der Waals surface area contributed by atoms with Crippen molar-refractivity contribution in [2.75, 3.05) is 18.9 Å². The third-order valence-electron chi connectivity index (χ3n) is 3.30. The maximum Gasteiger partial charge on any atom is 0.252 e. The van der Waals surface area contributed by atoms with E-state index in [1.807, 2.05) is 6.07 Å². The van der Waals surface area contributed by atoms with E-state index in [2.05, 4.69) is 17.6 Å². The van der Waals surface area contributed by atoms with Gasteiger partial charge in [-0.1, -0.05) is 50.6 Å². The van der Waals surface area contributed by atoms with Gasteiger partial charge in [-0.25, -0.2) is 0 Å². The molecule has 1 rings (SSSR count). The normalized spacial score (nSPS) is 10.3. The van der Waals surface area contributed by atoms with Gasteiger partial charge in [0.05, 0.1) is 10.6 Å². The molecule has 1 aromatic rings. The Morgan fingerprint density at radius 2 is 1.85 bits per heavy atom.